The minimum absolute atomic E-state index is 0.123. The van der Waals surface area contributed by atoms with Crippen LogP contribution in [0.1, 0.15) is 29.8 Å². The van der Waals surface area contributed by atoms with Crippen LogP contribution in [-0.2, 0) is 11.3 Å². The molecule has 2 aromatic rings. The Morgan fingerprint density at radius 2 is 1.85 bits per heavy atom. The number of rotatable bonds is 7. The van der Waals surface area contributed by atoms with E-state index in [-0.39, 0.29) is 24.1 Å². The zero-order chi connectivity index (χ0) is 24.1. The highest BCUT2D eigenvalue weighted by Crippen LogP contribution is 2.33. The number of benzene rings is 2. The summed E-state index contributed by atoms with van der Waals surface area (Å²) in [7, 11) is 0. The molecule has 2 aliphatic rings. The summed E-state index contributed by atoms with van der Waals surface area (Å²) in [6, 6.07) is 12.6. The number of nitrogens with one attached hydrogen (secondary N) is 1. The number of nitrogens with two attached hydrogens (primary N) is 1. The van der Waals surface area contributed by atoms with Crippen LogP contribution in [0.15, 0.2) is 42.5 Å². The average molecular weight is 469 g/mol. The van der Waals surface area contributed by atoms with Crippen molar-refractivity contribution in [2.45, 2.75) is 20.4 Å². The molecule has 0 atom stereocenters. The second-order valence-electron chi connectivity index (χ2n) is 9.33. The molecule has 0 saturated carbocycles. The molecule has 0 radical (unpaired) electrons. The van der Waals surface area contributed by atoms with Gasteiger partial charge in [0, 0.05) is 37.4 Å². The molecular formula is C25H32N4O5. The highest BCUT2D eigenvalue weighted by atomic mass is 16.7. The molecule has 2 aliphatic heterocycles. The molecule has 9 nitrogen and oxygen atoms in total. The molecule has 34 heavy (non-hydrogen) atoms. The fraction of sp³-hybridized carbons (Fsp3) is 0.440. The zero-order valence-electron chi connectivity index (χ0n) is 19.7. The van der Waals surface area contributed by atoms with Gasteiger partial charge in [0.15, 0.2) is 11.5 Å². The lowest BCUT2D eigenvalue weighted by Gasteiger charge is -2.32. The standard InChI is InChI=1S/C25H32N4O5/c1-25(2,15-26)16-29(23(30)19-6-7-21-22(13-19)34-17-33-21)14-18-4-3-5-20(12-18)27-24(31)28-8-10-32-11-9-28/h3-7,12-13H,8-11,14-17,26H2,1-2H3,(H,27,31). The second kappa shape index (κ2) is 10.3. The van der Waals surface area contributed by atoms with Crippen LogP contribution in [0.2, 0.25) is 0 Å². The summed E-state index contributed by atoms with van der Waals surface area (Å²) in [5.74, 6) is 1.08. The Morgan fingerprint density at radius 1 is 1.09 bits per heavy atom. The van der Waals surface area contributed by atoms with Crippen LogP contribution < -0.4 is 20.5 Å². The number of carbonyl (C=O) groups is 2. The van der Waals surface area contributed by atoms with E-state index in [2.05, 4.69) is 5.32 Å². The largest absolute Gasteiger partial charge is 0.454 e. The fourth-order valence-corrected chi connectivity index (χ4v) is 3.93. The molecule has 0 aromatic heterocycles. The molecule has 4 rings (SSSR count). The first-order chi connectivity index (χ1) is 16.3. The maximum Gasteiger partial charge on any atom is 0.321 e. The number of hydrogen-bond donors (Lipinski definition) is 2. The molecule has 0 bridgehead atoms. The third-order valence-corrected chi connectivity index (χ3v) is 5.93. The first kappa shape index (κ1) is 23.8. The Labute approximate surface area is 199 Å². The number of urea groups is 1. The average Bonchev–Trinajstić information content (AvgIpc) is 3.32. The van der Waals surface area contributed by atoms with Crippen LogP contribution >= 0.6 is 0 Å². The van der Waals surface area contributed by atoms with Crippen molar-refractivity contribution >= 4 is 17.6 Å². The summed E-state index contributed by atoms with van der Waals surface area (Å²) in [6.45, 7) is 7.72. The van der Waals surface area contributed by atoms with Gasteiger partial charge in [-0.25, -0.2) is 4.79 Å². The van der Waals surface area contributed by atoms with E-state index in [4.69, 9.17) is 19.9 Å². The molecule has 0 aliphatic carbocycles. The summed E-state index contributed by atoms with van der Waals surface area (Å²) in [6.07, 6.45) is 0. The first-order valence-electron chi connectivity index (χ1n) is 11.5. The summed E-state index contributed by atoms with van der Waals surface area (Å²) in [5, 5.41) is 2.95. The van der Waals surface area contributed by atoms with Crippen LogP contribution in [-0.4, -0.2) is 67.9 Å². The van der Waals surface area contributed by atoms with E-state index in [1.807, 2.05) is 38.1 Å². The van der Waals surface area contributed by atoms with Gasteiger partial charge in [-0.2, -0.15) is 0 Å². The van der Waals surface area contributed by atoms with Gasteiger partial charge in [-0.1, -0.05) is 26.0 Å². The Kier molecular flexibility index (Phi) is 7.23. The van der Waals surface area contributed by atoms with E-state index < -0.39 is 0 Å². The number of anilines is 1. The highest BCUT2D eigenvalue weighted by molar-refractivity contribution is 5.95. The monoisotopic (exact) mass is 468 g/mol. The van der Waals surface area contributed by atoms with E-state index in [0.717, 1.165) is 5.56 Å². The van der Waals surface area contributed by atoms with Crippen molar-refractivity contribution in [3.8, 4) is 11.5 Å². The van der Waals surface area contributed by atoms with Crippen LogP contribution in [0.25, 0.3) is 0 Å². The molecule has 3 N–H and O–H groups in total. The maximum absolute atomic E-state index is 13.5. The van der Waals surface area contributed by atoms with Gasteiger partial charge in [0.1, 0.15) is 0 Å². The summed E-state index contributed by atoms with van der Waals surface area (Å²) < 4.78 is 16.1. The molecule has 2 aromatic carbocycles. The van der Waals surface area contributed by atoms with Crippen LogP contribution in [0.5, 0.6) is 11.5 Å². The minimum Gasteiger partial charge on any atom is -0.454 e. The summed E-state index contributed by atoms with van der Waals surface area (Å²) in [4.78, 5) is 29.6. The molecule has 0 unspecified atom stereocenters. The number of hydrogen-bond acceptors (Lipinski definition) is 6. The molecule has 182 valence electrons. The first-order valence-corrected chi connectivity index (χ1v) is 11.5. The lowest BCUT2D eigenvalue weighted by molar-refractivity contribution is 0.0564. The SMILES string of the molecule is CC(C)(CN)CN(Cc1cccc(NC(=O)N2CCOCC2)c1)C(=O)c1ccc2c(c1)OCO2. The van der Waals surface area contributed by atoms with Gasteiger partial charge in [0.05, 0.1) is 13.2 Å². The smallest absolute Gasteiger partial charge is 0.321 e. The summed E-state index contributed by atoms with van der Waals surface area (Å²) >= 11 is 0. The summed E-state index contributed by atoms with van der Waals surface area (Å²) in [5.41, 5.74) is 7.81. The lowest BCUT2D eigenvalue weighted by atomic mass is 9.92. The normalized spacial score (nSPS) is 15.2. The zero-order valence-corrected chi connectivity index (χ0v) is 19.7. The quantitative estimate of drug-likeness (QED) is 0.647. The number of amides is 3. The number of nitrogens with zero attached hydrogens (tertiary/aromatic N) is 2. The van der Waals surface area contributed by atoms with E-state index in [1.54, 1.807) is 28.0 Å². The van der Waals surface area contributed by atoms with Crippen LogP contribution in [0.4, 0.5) is 10.5 Å². The fourth-order valence-electron chi connectivity index (χ4n) is 3.93. The number of ether oxygens (including phenoxy) is 3. The lowest BCUT2D eigenvalue weighted by Crippen LogP contribution is -2.43. The Hall–Kier alpha value is -3.30. The van der Waals surface area contributed by atoms with Crippen molar-refractivity contribution in [1.82, 2.24) is 9.80 Å². The van der Waals surface area contributed by atoms with Crippen molar-refractivity contribution in [3.63, 3.8) is 0 Å². The molecule has 3 amide bonds. The molecule has 2 heterocycles. The van der Waals surface area contributed by atoms with Gasteiger partial charge >= 0.3 is 6.03 Å². The second-order valence-corrected chi connectivity index (χ2v) is 9.33. The van der Waals surface area contributed by atoms with Gasteiger partial charge in [-0.15, -0.1) is 0 Å². The Bertz CT molecular complexity index is 1040. The molecule has 0 spiro atoms. The topological polar surface area (TPSA) is 106 Å². The van der Waals surface area contributed by atoms with E-state index in [0.29, 0.717) is 68.7 Å². The third-order valence-electron chi connectivity index (χ3n) is 5.93. The third kappa shape index (κ3) is 5.78. The van der Waals surface area contributed by atoms with Crippen LogP contribution in [0.3, 0.4) is 0 Å². The Balaban J connectivity index is 1.51. The molecular weight excluding hydrogens is 436 g/mol. The van der Waals surface area contributed by atoms with Crippen molar-refractivity contribution in [2.75, 3.05) is 51.5 Å². The molecule has 1 fully saturated rings. The minimum atomic E-state index is -0.270. The molecule has 9 heteroatoms. The predicted octanol–water partition coefficient (Wildman–Crippen LogP) is 2.91. The van der Waals surface area contributed by atoms with E-state index in [1.165, 1.54) is 0 Å². The van der Waals surface area contributed by atoms with E-state index in [9.17, 15) is 9.59 Å². The van der Waals surface area contributed by atoms with Gasteiger partial charge in [0.2, 0.25) is 6.79 Å². The van der Waals surface area contributed by atoms with Crippen molar-refractivity contribution in [3.05, 3.63) is 53.6 Å². The van der Waals surface area contributed by atoms with Gasteiger partial charge in [-0.3, -0.25) is 4.79 Å². The van der Waals surface area contributed by atoms with Crippen molar-refractivity contribution in [2.24, 2.45) is 11.1 Å². The number of morpholine rings is 1. The number of fused-ring (bicyclic) bond motifs is 1. The highest BCUT2D eigenvalue weighted by Gasteiger charge is 2.26. The Morgan fingerprint density at radius 3 is 2.62 bits per heavy atom. The maximum atomic E-state index is 13.5. The predicted molar refractivity (Wildman–Crippen MR) is 128 cm³/mol. The number of carbonyl (C=O) groups excluding carboxylic acids is 2. The van der Waals surface area contributed by atoms with Crippen LogP contribution in [0, 0.1) is 5.41 Å². The van der Waals surface area contributed by atoms with Gasteiger partial charge < -0.3 is 35.1 Å². The van der Waals surface area contributed by atoms with Gasteiger partial charge in [0.25, 0.3) is 5.91 Å². The molecule has 1 saturated heterocycles. The van der Waals surface area contributed by atoms with Gasteiger partial charge in [-0.05, 0) is 47.9 Å². The van der Waals surface area contributed by atoms with Crippen molar-refractivity contribution < 1.29 is 23.8 Å². The van der Waals surface area contributed by atoms with E-state index >= 15 is 0 Å². The van der Waals surface area contributed by atoms with Crippen molar-refractivity contribution in [1.29, 1.82) is 0 Å².